The Labute approximate surface area is 127 Å². The molecule has 0 bridgehead atoms. The summed E-state index contributed by atoms with van der Waals surface area (Å²) in [5.41, 5.74) is 1.15. The monoisotopic (exact) mass is 307 g/mol. The fraction of sp³-hybridized carbons (Fsp3) is 0.625. The lowest BCUT2D eigenvalue weighted by Gasteiger charge is -2.20. The van der Waals surface area contributed by atoms with Crippen LogP contribution in [-0.2, 0) is 10.8 Å². The third-order valence-corrected chi connectivity index (χ3v) is 5.84. The van der Waals surface area contributed by atoms with Gasteiger partial charge in [-0.15, -0.1) is 0 Å². The van der Waals surface area contributed by atoms with Crippen molar-refractivity contribution in [2.75, 3.05) is 19.0 Å². The van der Waals surface area contributed by atoms with Gasteiger partial charge in [0.05, 0.1) is 24.0 Å². The topological polar surface area (TPSA) is 47.6 Å². The van der Waals surface area contributed by atoms with E-state index in [0.717, 1.165) is 47.0 Å². The molecule has 0 amide bonds. The van der Waals surface area contributed by atoms with E-state index >= 15 is 0 Å². The quantitative estimate of drug-likeness (QED) is 0.912. The fourth-order valence-electron chi connectivity index (χ4n) is 3.07. The number of fused-ring (bicyclic) bond motifs is 2. The highest BCUT2D eigenvalue weighted by Crippen LogP contribution is 2.40. The molecule has 4 nitrogen and oxygen atoms in total. The third kappa shape index (κ3) is 2.81. The maximum Gasteiger partial charge on any atom is 0.162 e. The van der Waals surface area contributed by atoms with E-state index in [9.17, 15) is 4.21 Å². The maximum absolute atomic E-state index is 12.5. The van der Waals surface area contributed by atoms with Crippen molar-refractivity contribution in [1.29, 1.82) is 0 Å². The molecule has 1 fully saturated rings. The van der Waals surface area contributed by atoms with Crippen LogP contribution in [0.5, 0.6) is 11.5 Å². The van der Waals surface area contributed by atoms with Crippen LogP contribution in [0.4, 0.5) is 0 Å². The van der Waals surface area contributed by atoms with Gasteiger partial charge in [0, 0.05) is 35.2 Å². The Balaban J connectivity index is 1.75. The van der Waals surface area contributed by atoms with Gasteiger partial charge in [0.1, 0.15) is 0 Å². The van der Waals surface area contributed by atoms with Crippen molar-refractivity contribution in [2.24, 2.45) is 0 Å². The second kappa shape index (κ2) is 5.61. The Morgan fingerprint density at radius 1 is 1.05 bits per heavy atom. The zero-order valence-electron chi connectivity index (χ0n) is 12.1. The van der Waals surface area contributed by atoms with E-state index in [0.29, 0.717) is 25.3 Å². The average Bonchev–Trinajstić information content (AvgIpc) is 3.31. The largest absolute Gasteiger partial charge is 0.490 e. The number of nitrogens with one attached hydrogen (secondary N) is 1. The first-order valence-corrected chi connectivity index (χ1v) is 9.21. The number of hydrogen-bond donors (Lipinski definition) is 1. The lowest BCUT2D eigenvalue weighted by atomic mass is 10.0. The standard InChI is InChI=1S/C16H21NO3S/c18-21-8-1-3-13(17-11-4-5-11)12-9-14-15(10-16(12)21)20-7-2-6-19-14/h9-11,13,17H,1-8H2. The average molecular weight is 307 g/mol. The van der Waals surface area contributed by atoms with E-state index in [1.54, 1.807) is 0 Å². The maximum atomic E-state index is 12.5. The van der Waals surface area contributed by atoms with E-state index in [4.69, 9.17) is 9.47 Å². The summed E-state index contributed by atoms with van der Waals surface area (Å²) in [5.74, 6) is 2.31. The van der Waals surface area contributed by atoms with Gasteiger partial charge in [-0.3, -0.25) is 4.21 Å². The summed E-state index contributed by atoms with van der Waals surface area (Å²) >= 11 is 0. The summed E-state index contributed by atoms with van der Waals surface area (Å²) in [5, 5.41) is 3.70. The minimum atomic E-state index is -0.927. The summed E-state index contributed by atoms with van der Waals surface area (Å²) < 4.78 is 24.1. The molecule has 21 heavy (non-hydrogen) atoms. The van der Waals surface area contributed by atoms with Crippen molar-refractivity contribution in [2.45, 2.75) is 49.1 Å². The van der Waals surface area contributed by atoms with Gasteiger partial charge in [-0.05, 0) is 37.3 Å². The van der Waals surface area contributed by atoms with Gasteiger partial charge in [0.2, 0.25) is 0 Å². The van der Waals surface area contributed by atoms with Crippen LogP contribution >= 0.6 is 0 Å². The van der Waals surface area contributed by atoms with Crippen LogP contribution in [0.25, 0.3) is 0 Å². The van der Waals surface area contributed by atoms with Crippen LogP contribution in [0.15, 0.2) is 17.0 Å². The minimum absolute atomic E-state index is 0.302. The van der Waals surface area contributed by atoms with Crippen molar-refractivity contribution >= 4 is 10.8 Å². The molecule has 0 radical (unpaired) electrons. The highest BCUT2D eigenvalue weighted by molar-refractivity contribution is 7.85. The van der Waals surface area contributed by atoms with E-state index < -0.39 is 10.8 Å². The van der Waals surface area contributed by atoms with Crippen LogP contribution < -0.4 is 14.8 Å². The summed E-state index contributed by atoms with van der Waals surface area (Å²) in [4.78, 5) is 0.940. The molecule has 2 aliphatic heterocycles. The number of rotatable bonds is 2. The molecule has 114 valence electrons. The second-order valence-electron chi connectivity index (χ2n) is 6.07. The lowest BCUT2D eigenvalue weighted by Crippen LogP contribution is -2.23. The Morgan fingerprint density at radius 3 is 2.57 bits per heavy atom. The van der Waals surface area contributed by atoms with Crippen LogP contribution in [0.3, 0.4) is 0 Å². The molecular weight excluding hydrogens is 286 g/mol. The van der Waals surface area contributed by atoms with E-state index in [1.807, 2.05) is 6.07 Å². The van der Waals surface area contributed by atoms with Gasteiger partial charge in [-0.1, -0.05) is 0 Å². The molecule has 2 atom stereocenters. The molecule has 1 aromatic carbocycles. The van der Waals surface area contributed by atoms with Crippen molar-refractivity contribution in [3.63, 3.8) is 0 Å². The number of benzene rings is 1. The number of ether oxygens (including phenoxy) is 2. The van der Waals surface area contributed by atoms with Crippen LogP contribution in [0, 0.1) is 0 Å². The third-order valence-electron chi connectivity index (χ3n) is 4.34. The van der Waals surface area contributed by atoms with Crippen molar-refractivity contribution in [3.05, 3.63) is 17.7 Å². The molecule has 1 saturated carbocycles. The second-order valence-corrected chi connectivity index (χ2v) is 7.61. The Hall–Kier alpha value is -1.07. The molecule has 0 spiro atoms. The van der Waals surface area contributed by atoms with Gasteiger partial charge < -0.3 is 14.8 Å². The molecule has 2 heterocycles. The van der Waals surface area contributed by atoms with Crippen LogP contribution in [-0.4, -0.2) is 29.2 Å². The smallest absolute Gasteiger partial charge is 0.162 e. The molecule has 1 aliphatic carbocycles. The minimum Gasteiger partial charge on any atom is -0.490 e. The zero-order valence-corrected chi connectivity index (χ0v) is 12.9. The Kier molecular flexibility index (Phi) is 3.63. The summed E-state index contributed by atoms with van der Waals surface area (Å²) in [6.07, 6.45) is 5.47. The van der Waals surface area contributed by atoms with E-state index in [1.165, 1.54) is 12.8 Å². The SMILES string of the molecule is O=S1CCCC(NC2CC2)c2cc3c(cc21)OCCCO3. The Morgan fingerprint density at radius 2 is 1.81 bits per heavy atom. The molecular formula is C16H21NO3S. The van der Waals surface area contributed by atoms with Gasteiger partial charge in [-0.25, -0.2) is 0 Å². The predicted molar refractivity (Wildman–Crippen MR) is 81.5 cm³/mol. The Bertz CT molecular complexity index is 571. The molecule has 4 rings (SSSR count). The molecule has 2 unspecified atom stereocenters. The van der Waals surface area contributed by atoms with Gasteiger partial charge >= 0.3 is 0 Å². The first kappa shape index (κ1) is 13.6. The number of hydrogen-bond acceptors (Lipinski definition) is 4. The first-order valence-electron chi connectivity index (χ1n) is 7.89. The van der Waals surface area contributed by atoms with E-state index in [-0.39, 0.29) is 0 Å². The normalized spacial score (nSPS) is 28.4. The van der Waals surface area contributed by atoms with Crippen molar-refractivity contribution in [1.82, 2.24) is 5.32 Å². The molecule has 0 saturated heterocycles. The fourth-order valence-corrected chi connectivity index (χ4v) is 4.42. The summed E-state index contributed by atoms with van der Waals surface area (Å²) in [6.45, 7) is 1.36. The molecule has 1 aromatic rings. The van der Waals surface area contributed by atoms with Gasteiger partial charge in [0.15, 0.2) is 11.5 Å². The van der Waals surface area contributed by atoms with E-state index in [2.05, 4.69) is 11.4 Å². The molecule has 5 heteroatoms. The van der Waals surface area contributed by atoms with Crippen molar-refractivity contribution < 1.29 is 13.7 Å². The molecule has 0 aromatic heterocycles. The molecule has 3 aliphatic rings. The van der Waals surface area contributed by atoms with Crippen molar-refractivity contribution in [3.8, 4) is 11.5 Å². The van der Waals surface area contributed by atoms with Crippen LogP contribution in [0.2, 0.25) is 0 Å². The highest BCUT2D eigenvalue weighted by Gasteiger charge is 2.30. The first-order chi connectivity index (χ1) is 10.3. The predicted octanol–water partition coefficient (Wildman–Crippen LogP) is 2.54. The zero-order chi connectivity index (χ0) is 14.2. The lowest BCUT2D eigenvalue weighted by molar-refractivity contribution is 0.296. The summed E-state index contributed by atoms with van der Waals surface area (Å²) in [7, 11) is -0.927. The van der Waals surface area contributed by atoms with Gasteiger partial charge in [-0.2, -0.15) is 0 Å². The molecule has 1 N–H and O–H groups in total. The summed E-state index contributed by atoms with van der Waals surface area (Å²) in [6, 6.07) is 4.97. The van der Waals surface area contributed by atoms with Crippen LogP contribution in [0.1, 0.15) is 43.7 Å². The van der Waals surface area contributed by atoms with Gasteiger partial charge in [0.25, 0.3) is 0 Å². The highest BCUT2D eigenvalue weighted by atomic mass is 32.2.